The molecule has 0 aromatic heterocycles. The smallest absolute Gasteiger partial charge is 0.262 e. The van der Waals surface area contributed by atoms with E-state index in [0.717, 1.165) is 0 Å². The highest BCUT2D eigenvalue weighted by molar-refractivity contribution is 7.89. The summed E-state index contributed by atoms with van der Waals surface area (Å²) in [6, 6.07) is 10.2. The summed E-state index contributed by atoms with van der Waals surface area (Å²) in [6.45, 7) is 7.12. The highest BCUT2D eigenvalue weighted by Gasteiger charge is 2.27. The van der Waals surface area contributed by atoms with Crippen molar-refractivity contribution in [2.45, 2.75) is 36.6 Å². The van der Waals surface area contributed by atoms with Crippen molar-refractivity contribution in [3.63, 3.8) is 0 Å². The van der Waals surface area contributed by atoms with Crippen LogP contribution in [0.3, 0.4) is 0 Å². The Kier molecular flexibility index (Phi) is 8.54. The Balaban J connectivity index is 1.57. The second-order valence-corrected chi connectivity index (χ2v) is 12.4. The second kappa shape index (κ2) is 11.0. The zero-order chi connectivity index (χ0) is 25.8. The van der Waals surface area contributed by atoms with Gasteiger partial charge in [-0.2, -0.15) is 4.31 Å². The molecule has 12 heteroatoms. The number of ether oxygens (including phenoxy) is 1. The van der Waals surface area contributed by atoms with Crippen LogP contribution in [-0.4, -0.2) is 77.8 Å². The molecule has 0 unspecified atom stereocenters. The molecule has 2 N–H and O–H groups in total. The molecule has 0 atom stereocenters. The zero-order valence-electron chi connectivity index (χ0n) is 20.3. The molecule has 0 bridgehead atoms. The number of aryl methyl sites for hydroxylation is 1. The van der Waals surface area contributed by atoms with Gasteiger partial charge in [-0.1, -0.05) is 0 Å². The van der Waals surface area contributed by atoms with Crippen molar-refractivity contribution < 1.29 is 26.4 Å². The number of nitrogens with one attached hydrogen (secondary N) is 2. The standard InChI is InChI=1S/C23H32N4O6S2/c1-17(2)25-34(29,30)21-9-10-22(18(3)15-21)33-16-23(28)24-19-5-7-20(8-6-19)35(31,32)27-13-11-26(4)12-14-27/h5-10,15,17,25H,11-14,16H2,1-4H3,(H,24,28). The quantitative estimate of drug-likeness (QED) is 0.511. The van der Waals surface area contributed by atoms with E-state index in [9.17, 15) is 21.6 Å². The van der Waals surface area contributed by atoms with Crippen LogP contribution in [0.4, 0.5) is 5.69 Å². The van der Waals surface area contributed by atoms with Crippen LogP contribution in [0.15, 0.2) is 52.3 Å². The summed E-state index contributed by atoms with van der Waals surface area (Å²) < 4.78 is 59.8. The predicted molar refractivity (Wildman–Crippen MR) is 133 cm³/mol. The lowest BCUT2D eigenvalue weighted by atomic mass is 10.2. The van der Waals surface area contributed by atoms with Crippen molar-refractivity contribution in [1.82, 2.24) is 13.9 Å². The summed E-state index contributed by atoms with van der Waals surface area (Å²) in [5, 5.41) is 2.67. The summed E-state index contributed by atoms with van der Waals surface area (Å²) >= 11 is 0. The SMILES string of the molecule is Cc1cc(S(=O)(=O)NC(C)C)ccc1OCC(=O)Nc1ccc(S(=O)(=O)N2CCN(C)CC2)cc1. The molecule has 2 aromatic carbocycles. The molecule has 1 amide bonds. The molecular weight excluding hydrogens is 492 g/mol. The number of amides is 1. The summed E-state index contributed by atoms with van der Waals surface area (Å²) in [4.78, 5) is 14.7. The van der Waals surface area contributed by atoms with Crippen LogP contribution >= 0.6 is 0 Å². The van der Waals surface area contributed by atoms with E-state index in [1.807, 2.05) is 7.05 Å². The molecule has 1 heterocycles. The number of hydrogen-bond acceptors (Lipinski definition) is 7. The van der Waals surface area contributed by atoms with Crippen molar-refractivity contribution in [2.24, 2.45) is 0 Å². The zero-order valence-corrected chi connectivity index (χ0v) is 21.9. The van der Waals surface area contributed by atoms with Gasteiger partial charge >= 0.3 is 0 Å². The van der Waals surface area contributed by atoms with Gasteiger partial charge in [-0.15, -0.1) is 0 Å². The van der Waals surface area contributed by atoms with E-state index >= 15 is 0 Å². The van der Waals surface area contributed by atoms with Crippen LogP contribution in [0.2, 0.25) is 0 Å². The van der Waals surface area contributed by atoms with Gasteiger partial charge in [0.05, 0.1) is 9.79 Å². The maximum Gasteiger partial charge on any atom is 0.262 e. The van der Waals surface area contributed by atoms with Gasteiger partial charge in [0.25, 0.3) is 5.91 Å². The van der Waals surface area contributed by atoms with Crippen molar-refractivity contribution in [3.8, 4) is 5.75 Å². The molecule has 1 aliphatic rings. The molecule has 10 nitrogen and oxygen atoms in total. The number of likely N-dealkylation sites (N-methyl/N-ethyl adjacent to an activating group) is 1. The Labute approximate surface area is 207 Å². The summed E-state index contributed by atoms with van der Waals surface area (Å²) in [5.74, 6) is -0.0467. The maximum atomic E-state index is 12.8. The van der Waals surface area contributed by atoms with E-state index in [4.69, 9.17) is 4.74 Å². The molecular formula is C23H32N4O6S2. The molecule has 2 aromatic rings. The first-order valence-electron chi connectivity index (χ1n) is 11.2. The molecule has 1 aliphatic heterocycles. The third kappa shape index (κ3) is 7.01. The third-order valence-electron chi connectivity index (χ3n) is 5.44. The first-order chi connectivity index (χ1) is 16.4. The van der Waals surface area contributed by atoms with Crippen LogP contribution < -0.4 is 14.8 Å². The van der Waals surface area contributed by atoms with E-state index in [-0.39, 0.29) is 22.4 Å². The maximum absolute atomic E-state index is 12.8. The van der Waals surface area contributed by atoms with Crippen LogP contribution in [0, 0.1) is 6.92 Å². The minimum Gasteiger partial charge on any atom is -0.483 e. The van der Waals surface area contributed by atoms with E-state index in [1.165, 1.54) is 46.8 Å². The number of benzene rings is 2. The van der Waals surface area contributed by atoms with Crippen LogP contribution in [0.5, 0.6) is 5.75 Å². The fourth-order valence-electron chi connectivity index (χ4n) is 3.56. The first kappa shape index (κ1) is 27.1. The molecule has 0 radical (unpaired) electrons. The lowest BCUT2D eigenvalue weighted by Crippen LogP contribution is -2.46. The number of piperazine rings is 1. The van der Waals surface area contributed by atoms with Gasteiger partial charge in [-0.3, -0.25) is 4.79 Å². The highest BCUT2D eigenvalue weighted by Crippen LogP contribution is 2.23. The van der Waals surface area contributed by atoms with Crippen molar-refractivity contribution in [3.05, 3.63) is 48.0 Å². The summed E-state index contributed by atoms with van der Waals surface area (Å²) in [6.07, 6.45) is 0. The molecule has 1 fully saturated rings. The third-order valence-corrected chi connectivity index (χ3v) is 9.01. The van der Waals surface area contributed by atoms with Gasteiger partial charge < -0.3 is 15.0 Å². The second-order valence-electron chi connectivity index (χ2n) is 8.77. The Morgan fingerprint density at radius 1 is 0.971 bits per heavy atom. The molecule has 1 saturated heterocycles. The van der Waals surface area contributed by atoms with Crippen LogP contribution in [-0.2, 0) is 24.8 Å². The monoisotopic (exact) mass is 524 g/mol. The predicted octanol–water partition coefficient (Wildman–Crippen LogP) is 1.64. The van der Waals surface area contributed by atoms with Gasteiger partial charge in [0.15, 0.2) is 6.61 Å². The molecule has 192 valence electrons. The molecule has 0 saturated carbocycles. The molecule has 35 heavy (non-hydrogen) atoms. The summed E-state index contributed by atoms with van der Waals surface area (Å²) in [5.41, 5.74) is 1.01. The normalized spacial score (nSPS) is 15.8. The van der Waals surface area contributed by atoms with Crippen LogP contribution in [0.1, 0.15) is 19.4 Å². The number of sulfonamides is 2. The van der Waals surface area contributed by atoms with Crippen molar-refractivity contribution in [2.75, 3.05) is 45.2 Å². The van der Waals surface area contributed by atoms with E-state index < -0.39 is 26.0 Å². The number of carbonyl (C=O) groups excluding carboxylic acids is 1. The minimum atomic E-state index is -3.63. The Bertz CT molecular complexity index is 1250. The Hall–Kier alpha value is -2.51. The molecule has 0 aliphatic carbocycles. The van der Waals surface area contributed by atoms with Crippen molar-refractivity contribution in [1.29, 1.82) is 0 Å². The summed E-state index contributed by atoms with van der Waals surface area (Å²) in [7, 11) is -5.25. The number of anilines is 1. The van der Waals surface area contributed by atoms with Gasteiger partial charge in [-0.05, 0) is 75.8 Å². The molecule has 0 spiro atoms. The molecule has 3 rings (SSSR count). The fourth-order valence-corrected chi connectivity index (χ4v) is 6.32. The Morgan fingerprint density at radius 2 is 1.57 bits per heavy atom. The van der Waals surface area contributed by atoms with E-state index in [1.54, 1.807) is 20.8 Å². The highest BCUT2D eigenvalue weighted by atomic mass is 32.2. The van der Waals surface area contributed by atoms with Gasteiger partial charge in [0.2, 0.25) is 20.0 Å². The first-order valence-corrected chi connectivity index (χ1v) is 14.2. The van der Waals surface area contributed by atoms with Gasteiger partial charge in [-0.25, -0.2) is 21.6 Å². The lowest BCUT2D eigenvalue weighted by molar-refractivity contribution is -0.118. The minimum absolute atomic E-state index is 0.118. The number of carbonyl (C=O) groups is 1. The largest absolute Gasteiger partial charge is 0.483 e. The number of nitrogens with zero attached hydrogens (tertiary/aromatic N) is 2. The number of rotatable bonds is 9. The van der Waals surface area contributed by atoms with Crippen molar-refractivity contribution >= 4 is 31.6 Å². The van der Waals surface area contributed by atoms with Gasteiger partial charge in [0, 0.05) is 37.9 Å². The van der Waals surface area contributed by atoms with E-state index in [0.29, 0.717) is 43.2 Å². The number of hydrogen-bond donors (Lipinski definition) is 2. The average Bonchev–Trinajstić information content (AvgIpc) is 2.78. The lowest BCUT2D eigenvalue weighted by Gasteiger charge is -2.31. The fraction of sp³-hybridized carbons (Fsp3) is 0.435. The topological polar surface area (TPSA) is 125 Å². The van der Waals surface area contributed by atoms with Gasteiger partial charge in [0.1, 0.15) is 5.75 Å². The van der Waals surface area contributed by atoms with Crippen LogP contribution in [0.25, 0.3) is 0 Å². The van der Waals surface area contributed by atoms with E-state index in [2.05, 4.69) is 14.9 Å². The average molecular weight is 525 g/mol. The Morgan fingerprint density at radius 3 is 2.14 bits per heavy atom.